The summed E-state index contributed by atoms with van der Waals surface area (Å²) < 4.78 is 5.83. The van der Waals surface area contributed by atoms with Crippen LogP contribution in [0.3, 0.4) is 0 Å². The predicted octanol–water partition coefficient (Wildman–Crippen LogP) is 5.17. The third-order valence-electron chi connectivity index (χ3n) is 7.91. The molecule has 0 aromatic heterocycles. The van der Waals surface area contributed by atoms with Gasteiger partial charge in [0.15, 0.2) is 0 Å². The van der Waals surface area contributed by atoms with Crippen molar-refractivity contribution in [3.05, 3.63) is 29.8 Å². The summed E-state index contributed by atoms with van der Waals surface area (Å²) in [5, 5.41) is 11.4. The van der Waals surface area contributed by atoms with Gasteiger partial charge in [-0.15, -0.1) is 0 Å². The molecule has 31 heavy (non-hydrogen) atoms. The van der Waals surface area contributed by atoms with Crippen LogP contribution < -0.4 is 10.5 Å². The molecule has 174 valence electrons. The highest BCUT2D eigenvalue weighted by molar-refractivity contribution is 5.31. The predicted molar refractivity (Wildman–Crippen MR) is 122 cm³/mol. The summed E-state index contributed by atoms with van der Waals surface area (Å²) in [6.45, 7) is 5.72. The highest BCUT2D eigenvalue weighted by Crippen LogP contribution is 2.51. The van der Waals surface area contributed by atoms with Crippen molar-refractivity contribution in [2.24, 2.45) is 29.4 Å². The third kappa shape index (κ3) is 5.44. The van der Waals surface area contributed by atoms with Gasteiger partial charge in [-0.05, 0) is 93.4 Å². The van der Waals surface area contributed by atoms with Gasteiger partial charge in [0.1, 0.15) is 5.75 Å². The molecule has 5 nitrogen and oxygen atoms in total. The first kappa shape index (κ1) is 23.0. The van der Waals surface area contributed by atoms with Crippen LogP contribution in [0.5, 0.6) is 5.75 Å². The van der Waals surface area contributed by atoms with Gasteiger partial charge < -0.3 is 15.6 Å². The van der Waals surface area contributed by atoms with Crippen molar-refractivity contribution in [2.75, 3.05) is 13.2 Å². The molecular weight excluding hydrogens is 390 g/mol. The molecule has 0 amide bonds. The van der Waals surface area contributed by atoms with Crippen molar-refractivity contribution in [3.8, 4) is 5.75 Å². The van der Waals surface area contributed by atoms with E-state index in [-0.39, 0.29) is 17.9 Å². The molecule has 2 bridgehead atoms. The van der Waals surface area contributed by atoms with E-state index in [1.807, 2.05) is 6.07 Å². The lowest BCUT2D eigenvalue weighted by atomic mass is 9.62. The summed E-state index contributed by atoms with van der Waals surface area (Å²) in [5.41, 5.74) is 6.86. The molecule has 0 spiro atoms. The van der Waals surface area contributed by atoms with E-state index in [1.165, 1.54) is 12.0 Å². The van der Waals surface area contributed by atoms with E-state index >= 15 is 0 Å². The maximum Gasteiger partial charge on any atom is 0.204 e. The van der Waals surface area contributed by atoms with Crippen LogP contribution in [0.2, 0.25) is 0 Å². The summed E-state index contributed by atoms with van der Waals surface area (Å²) in [5.74, 6) is 1.89. The second-order valence-corrected chi connectivity index (χ2v) is 10.5. The lowest BCUT2D eigenvalue weighted by Gasteiger charge is -2.50. The zero-order valence-corrected chi connectivity index (χ0v) is 19.3. The number of aliphatic hydroxyl groups is 1. The molecule has 4 rings (SSSR count). The van der Waals surface area contributed by atoms with Gasteiger partial charge in [-0.25, -0.2) is 9.78 Å². The van der Waals surface area contributed by atoms with Gasteiger partial charge >= 0.3 is 0 Å². The molecule has 3 aliphatic rings. The van der Waals surface area contributed by atoms with Crippen LogP contribution in [-0.4, -0.2) is 30.1 Å². The summed E-state index contributed by atoms with van der Waals surface area (Å²) in [4.78, 5) is 11.9. The Morgan fingerprint density at radius 3 is 2.81 bits per heavy atom. The molecule has 5 heteroatoms. The first-order valence-corrected chi connectivity index (χ1v) is 12.5. The highest BCUT2D eigenvalue weighted by Gasteiger charge is 2.52. The average molecular weight is 432 g/mol. The average Bonchev–Trinajstić information content (AvgIpc) is 2.77. The summed E-state index contributed by atoms with van der Waals surface area (Å²) in [7, 11) is 0. The molecule has 6 unspecified atom stereocenters. The minimum absolute atomic E-state index is 0.0236. The van der Waals surface area contributed by atoms with E-state index < -0.39 is 5.79 Å². The van der Waals surface area contributed by atoms with Crippen molar-refractivity contribution < 1.29 is 19.6 Å². The van der Waals surface area contributed by atoms with Crippen molar-refractivity contribution in [3.63, 3.8) is 0 Å². The number of nitrogens with two attached hydrogens (primary N) is 1. The lowest BCUT2D eigenvalue weighted by Crippen LogP contribution is -2.54. The Balaban J connectivity index is 1.34. The second-order valence-electron chi connectivity index (χ2n) is 10.5. The molecule has 3 fully saturated rings. The quantitative estimate of drug-likeness (QED) is 0.257. The van der Waals surface area contributed by atoms with Crippen LogP contribution >= 0.6 is 0 Å². The molecule has 1 aromatic carbocycles. The van der Waals surface area contributed by atoms with Crippen molar-refractivity contribution in [1.82, 2.24) is 0 Å². The lowest BCUT2D eigenvalue weighted by molar-refractivity contribution is -0.472. The Bertz CT molecular complexity index is 708. The molecule has 0 radical (unpaired) electrons. The van der Waals surface area contributed by atoms with E-state index in [0.29, 0.717) is 25.0 Å². The fourth-order valence-corrected chi connectivity index (χ4v) is 6.31. The Hall–Kier alpha value is -1.14. The van der Waals surface area contributed by atoms with Gasteiger partial charge in [-0.2, -0.15) is 0 Å². The Labute approximate surface area is 187 Å². The molecule has 0 heterocycles. The number of fused-ring (bicyclic) bond motifs is 2. The van der Waals surface area contributed by atoms with Crippen molar-refractivity contribution >= 4 is 0 Å². The van der Waals surface area contributed by atoms with E-state index in [1.54, 1.807) is 0 Å². The number of hydrogen-bond donors (Lipinski definition) is 2. The van der Waals surface area contributed by atoms with Crippen LogP contribution in [0, 0.1) is 23.7 Å². The van der Waals surface area contributed by atoms with Crippen LogP contribution in [0.4, 0.5) is 0 Å². The first-order valence-electron chi connectivity index (χ1n) is 12.5. The number of ether oxygens (including phenoxy) is 1. The van der Waals surface area contributed by atoms with Crippen molar-refractivity contribution in [1.29, 1.82) is 0 Å². The summed E-state index contributed by atoms with van der Waals surface area (Å²) in [6, 6.07) is 8.42. The summed E-state index contributed by atoms with van der Waals surface area (Å²) >= 11 is 0. The van der Waals surface area contributed by atoms with Gasteiger partial charge in [-0.3, -0.25) is 0 Å². The molecule has 1 aromatic rings. The number of rotatable bonds is 8. The van der Waals surface area contributed by atoms with Gasteiger partial charge in [0.05, 0.1) is 12.7 Å². The Kier molecular flexibility index (Phi) is 7.58. The largest absolute Gasteiger partial charge is 0.494 e. The Morgan fingerprint density at radius 1 is 1.10 bits per heavy atom. The zero-order chi connectivity index (χ0) is 21.8. The highest BCUT2D eigenvalue weighted by atomic mass is 17.2. The number of benzene rings is 1. The van der Waals surface area contributed by atoms with Crippen LogP contribution in [0.1, 0.15) is 83.1 Å². The fourth-order valence-electron chi connectivity index (χ4n) is 6.31. The van der Waals surface area contributed by atoms with E-state index in [2.05, 4.69) is 32.0 Å². The van der Waals surface area contributed by atoms with Crippen molar-refractivity contribution in [2.45, 2.75) is 89.4 Å². The maximum absolute atomic E-state index is 11.4. The third-order valence-corrected chi connectivity index (χ3v) is 7.91. The molecular formula is C26H41NO4. The molecule has 0 aliphatic heterocycles. The monoisotopic (exact) mass is 431 g/mol. The number of hydrogen-bond acceptors (Lipinski definition) is 5. The SMILES string of the molecule is CC1CC2CC(C)C(O)(OO[C@@H]3CCCC(c4cccc(OCCCN)c4)C3)C(C1)C2. The minimum atomic E-state index is -1.14. The zero-order valence-electron chi connectivity index (χ0n) is 19.3. The first-order chi connectivity index (χ1) is 15.0. The molecule has 3 aliphatic carbocycles. The van der Waals surface area contributed by atoms with Gasteiger partial charge in [-0.1, -0.05) is 32.4 Å². The standard InChI is InChI=1S/C26H41NO4/c1-18-12-20-14-19(2)26(28,23(13-18)15-20)31-30-25-9-4-7-22(17-25)21-6-3-8-24(16-21)29-11-5-10-27/h3,6,8,16,18-20,22-23,25,28H,4-5,7,9-15,17,27H2,1-2H3/t18?,19?,20?,22?,23?,25-,26?/m1/s1. The topological polar surface area (TPSA) is 73.9 Å². The van der Waals surface area contributed by atoms with E-state index in [9.17, 15) is 5.11 Å². The maximum atomic E-state index is 11.4. The summed E-state index contributed by atoms with van der Waals surface area (Å²) in [6.07, 6.45) is 9.46. The molecule has 3 N–H and O–H groups in total. The van der Waals surface area contributed by atoms with Crippen LogP contribution in [0.15, 0.2) is 24.3 Å². The van der Waals surface area contributed by atoms with E-state index in [4.69, 9.17) is 20.2 Å². The minimum Gasteiger partial charge on any atom is -0.494 e. The van der Waals surface area contributed by atoms with Crippen LogP contribution in [0.25, 0.3) is 0 Å². The Morgan fingerprint density at radius 2 is 1.97 bits per heavy atom. The van der Waals surface area contributed by atoms with Gasteiger partial charge in [0.25, 0.3) is 0 Å². The molecule has 7 atom stereocenters. The smallest absolute Gasteiger partial charge is 0.204 e. The second kappa shape index (κ2) is 10.2. The van der Waals surface area contributed by atoms with Crippen LogP contribution in [-0.2, 0) is 9.78 Å². The normalized spacial score (nSPS) is 38.1. The van der Waals surface area contributed by atoms with Gasteiger partial charge in [0.2, 0.25) is 5.79 Å². The molecule has 3 saturated carbocycles. The van der Waals surface area contributed by atoms with E-state index in [0.717, 1.165) is 63.0 Å². The molecule has 0 saturated heterocycles. The fraction of sp³-hybridized carbons (Fsp3) is 0.769. The van der Waals surface area contributed by atoms with Gasteiger partial charge in [0, 0.05) is 11.8 Å².